The Morgan fingerprint density at radius 3 is 2.41 bits per heavy atom. The molecule has 1 amide bonds. The number of amides is 1. The van der Waals surface area contributed by atoms with Crippen LogP contribution < -0.4 is 0 Å². The van der Waals surface area contributed by atoms with Crippen LogP contribution in [-0.4, -0.2) is 33.7 Å². The highest BCUT2D eigenvalue weighted by Gasteiger charge is 2.26. The second-order valence-electron chi connectivity index (χ2n) is 7.29. The maximum Gasteiger partial charge on any atom is 0.222 e. The van der Waals surface area contributed by atoms with Crippen LogP contribution >= 0.6 is 0 Å². The summed E-state index contributed by atoms with van der Waals surface area (Å²) in [6.07, 6.45) is 8.21. The maximum absolute atomic E-state index is 12.4. The molecule has 0 radical (unpaired) electrons. The molecule has 4 nitrogen and oxygen atoms in total. The van der Waals surface area contributed by atoms with Crippen molar-refractivity contribution in [1.29, 1.82) is 0 Å². The first-order chi connectivity index (χ1) is 10.6. The van der Waals surface area contributed by atoms with Crippen molar-refractivity contribution < 1.29 is 4.79 Å². The predicted octanol–water partition coefficient (Wildman–Crippen LogP) is 3.32. The van der Waals surface area contributed by atoms with Crippen molar-refractivity contribution in [3.8, 4) is 0 Å². The number of nitrogens with zero attached hydrogens (tertiary/aromatic N) is 3. The minimum Gasteiger partial charge on any atom is -0.343 e. The summed E-state index contributed by atoms with van der Waals surface area (Å²) in [4.78, 5) is 14.5. The minimum atomic E-state index is 0.400. The van der Waals surface area contributed by atoms with Gasteiger partial charge in [-0.25, -0.2) is 0 Å². The van der Waals surface area contributed by atoms with Crippen molar-refractivity contribution in [3.05, 3.63) is 17.5 Å². The lowest BCUT2D eigenvalue weighted by Gasteiger charge is -2.32. The number of hydrogen-bond donors (Lipinski definition) is 0. The van der Waals surface area contributed by atoms with E-state index in [1.54, 1.807) is 0 Å². The topological polar surface area (TPSA) is 38.1 Å². The van der Waals surface area contributed by atoms with Gasteiger partial charge in [-0.05, 0) is 57.4 Å². The number of aryl methyl sites for hydroxylation is 2. The molecule has 1 aromatic rings. The molecular weight excluding hydrogens is 274 g/mol. The fourth-order valence-corrected chi connectivity index (χ4v) is 4.06. The van der Waals surface area contributed by atoms with Crippen LogP contribution in [0.15, 0.2) is 6.07 Å². The van der Waals surface area contributed by atoms with Crippen LogP contribution in [0, 0.1) is 25.7 Å². The Labute approximate surface area is 133 Å². The van der Waals surface area contributed by atoms with E-state index in [-0.39, 0.29) is 0 Å². The smallest absolute Gasteiger partial charge is 0.222 e. The van der Waals surface area contributed by atoms with Crippen LogP contribution in [0.5, 0.6) is 0 Å². The lowest BCUT2D eigenvalue weighted by molar-refractivity contribution is -0.133. The second kappa shape index (κ2) is 6.84. The lowest BCUT2D eigenvalue weighted by atomic mass is 9.95. The summed E-state index contributed by atoms with van der Waals surface area (Å²) in [5, 5.41) is 4.56. The highest BCUT2D eigenvalue weighted by atomic mass is 16.2. The van der Waals surface area contributed by atoms with Crippen LogP contribution in [0.1, 0.15) is 56.3 Å². The Hall–Kier alpha value is -1.32. The zero-order chi connectivity index (χ0) is 15.5. The number of hydrogen-bond acceptors (Lipinski definition) is 2. The summed E-state index contributed by atoms with van der Waals surface area (Å²) in [6.45, 7) is 7.06. The summed E-state index contributed by atoms with van der Waals surface area (Å²) < 4.78 is 2.13. The predicted molar refractivity (Wildman–Crippen MR) is 87.6 cm³/mol. The van der Waals surface area contributed by atoms with Gasteiger partial charge in [0.25, 0.3) is 0 Å². The van der Waals surface area contributed by atoms with E-state index in [1.165, 1.54) is 31.4 Å². The third kappa shape index (κ3) is 3.71. The summed E-state index contributed by atoms with van der Waals surface area (Å²) in [5.41, 5.74) is 2.35. The first-order valence-electron chi connectivity index (χ1n) is 8.90. The molecule has 2 heterocycles. The van der Waals surface area contributed by atoms with Crippen LogP contribution in [-0.2, 0) is 11.3 Å². The molecule has 2 fully saturated rings. The number of rotatable bonds is 4. The molecule has 1 aromatic heterocycles. The number of carbonyl (C=O) groups is 1. The van der Waals surface area contributed by atoms with E-state index in [0.29, 0.717) is 17.7 Å². The van der Waals surface area contributed by atoms with Gasteiger partial charge >= 0.3 is 0 Å². The third-order valence-corrected chi connectivity index (χ3v) is 5.44. The largest absolute Gasteiger partial charge is 0.343 e. The van der Waals surface area contributed by atoms with Crippen molar-refractivity contribution >= 4 is 5.91 Å². The van der Waals surface area contributed by atoms with Crippen LogP contribution in [0.25, 0.3) is 0 Å². The Morgan fingerprint density at radius 2 is 1.82 bits per heavy atom. The molecule has 0 spiro atoms. The lowest BCUT2D eigenvalue weighted by Crippen LogP contribution is -2.40. The zero-order valence-electron chi connectivity index (χ0n) is 14.1. The average Bonchev–Trinajstić information content (AvgIpc) is 3.10. The van der Waals surface area contributed by atoms with Crippen LogP contribution in [0.2, 0.25) is 0 Å². The molecular formula is C18H29N3O. The summed E-state index contributed by atoms with van der Waals surface area (Å²) in [7, 11) is 0. The maximum atomic E-state index is 12.4. The molecule has 4 heteroatoms. The zero-order valence-corrected chi connectivity index (χ0v) is 14.1. The standard InChI is InChI=1S/C18H29N3O/c1-14-11-15(2)21(19-14)13-17-7-9-20(10-8-17)18(22)12-16-5-3-4-6-16/h11,16-17H,3-10,12-13H2,1-2H3. The van der Waals surface area contributed by atoms with E-state index in [4.69, 9.17) is 0 Å². The van der Waals surface area contributed by atoms with Gasteiger partial charge in [-0.2, -0.15) is 5.10 Å². The summed E-state index contributed by atoms with van der Waals surface area (Å²) in [6, 6.07) is 2.14. The molecule has 22 heavy (non-hydrogen) atoms. The fraction of sp³-hybridized carbons (Fsp3) is 0.778. The van der Waals surface area contributed by atoms with E-state index >= 15 is 0 Å². The quantitative estimate of drug-likeness (QED) is 0.856. The van der Waals surface area contributed by atoms with Gasteiger partial charge in [0.15, 0.2) is 0 Å². The molecule has 2 aliphatic rings. The molecule has 1 aliphatic heterocycles. The average molecular weight is 303 g/mol. The molecule has 0 unspecified atom stereocenters. The van der Waals surface area contributed by atoms with Gasteiger partial charge in [0, 0.05) is 31.7 Å². The Morgan fingerprint density at radius 1 is 1.14 bits per heavy atom. The Bertz CT molecular complexity index is 508. The Kier molecular flexibility index (Phi) is 4.84. The number of carbonyl (C=O) groups excluding carboxylic acids is 1. The van der Waals surface area contributed by atoms with E-state index < -0.39 is 0 Å². The second-order valence-corrected chi connectivity index (χ2v) is 7.29. The molecule has 3 rings (SSSR count). The molecule has 0 atom stereocenters. The van der Waals surface area contributed by atoms with Crippen LogP contribution in [0.3, 0.4) is 0 Å². The number of piperidine rings is 1. The summed E-state index contributed by atoms with van der Waals surface area (Å²) in [5.74, 6) is 1.73. The van der Waals surface area contributed by atoms with E-state index in [9.17, 15) is 4.79 Å². The molecule has 0 bridgehead atoms. The fourth-order valence-electron chi connectivity index (χ4n) is 4.06. The van der Waals surface area contributed by atoms with Gasteiger partial charge < -0.3 is 4.90 Å². The van der Waals surface area contributed by atoms with Gasteiger partial charge in [0.1, 0.15) is 0 Å². The van der Waals surface area contributed by atoms with Gasteiger partial charge in [0.05, 0.1) is 5.69 Å². The van der Waals surface area contributed by atoms with Gasteiger partial charge in [0.2, 0.25) is 5.91 Å². The van der Waals surface area contributed by atoms with Crippen molar-refractivity contribution in [2.24, 2.45) is 11.8 Å². The number of aromatic nitrogens is 2. The van der Waals surface area contributed by atoms with Crippen molar-refractivity contribution in [2.75, 3.05) is 13.1 Å². The third-order valence-electron chi connectivity index (χ3n) is 5.44. The van der Waals surface area contributed by atoms with Crippen molar-refractivity contribution in [2.45, 2.75) is 65.3 Å². The van der Waals surface area contributed by atoms with Crippen molar-refractivity contribution in [3.63, 3.8) is 0 Å². The monoisotopic (exact) mass is 303 g/mol. The molecule has 0 N–H and O–H groups in total. The van der Waals surface area contributed by atoms with E-state index in [0.717, 1.165) is 44.6 Å². The number of likely N-dealkylation sites (tertiary alicyclic amines) is 1. The highest BCUT2D eigenvalue weighted by molar-refractivity contribution is 5.76. The summed E-state index contributed by atoms with van der Waals surface area (Å²) >= 11 is 0. The first kappa shape index (κ1) is 15.6. The normalized spacial score (nSPS) is 20.7. The minimum absolute atomic E-state index is 0.400. The van der Waals surface area contributed by atoms with Gasteiger partial charge in [-0.3, -0.25) is 9.48 Å². The molecule has 1 saturated heterocycles. The molecule has 122 valence electrons. The highest BCUT2D eigenvalue weighted by Crippen LogP contribution is 2.29. The van der Waals surface area contributed by atoms with E-state index in [2.05, 4.69) is 27.7 Å². The molecule has 0 aromatic carbocycles. The van der Waals surface area contributed by atoms with Gasteiger partial charge in [-0.1, -0.05) is 12.8 Å². The molecule has 1 aliphatic carbocycles. The SMILES string of the molecule is Cc1cc(C)n(CC2CCN(C(=O)CC3CCCC3)CC2)n1. The Balaban J connectivity index is 1.45. The first-order valence-corrected chi connectivity index (χ1v) is 8.90. The van der Waals surface area contributed by atoms with Crippen molar-refractivity contribution in [1.82, 2.24) is 14.7 Å². The van der Waals surface area contributed by atoms with Crippen LogP contribution in [0.4, 0.5) is 0 Å². The van der Waals surface area contributed by atoms with E-state index in [1.807, 2.05) is 6.92 Å². The van der Waals surface area contributed by atoms with Gasteiger partial charge in [-0.15, -0.1) is 0 Å². The molecule has 1 saturated carbocycles.